The molecule has 0 radical (unpaired) electrons. The summed E-state index contributed by atoms with van der Waals surface area (Å²) in [6.07, 6.45) is 1.52. The standard InChI is InChI=1S/C20H26N2O/c1-2-20(23)21-14-9-15-22(16-18-10-5-3-6-11-18)17-19-12-7-4-8-13-19/h3-8,10-13H,2,9,14-17H2,1H3,(H,21,23). The second-order valence-corrected chi connectivity index (χ2v) is 5.74. The normalized spacial score (nSPS) is 10.7. The molecule has 1 amide bonds. The highest BCUT2D eigenvalue weighted by atomic mass is 16.1. The fraction of sp³-hybridized carbons (Fsp3) is 0.350. The van der Waals surface area contributed by atoms with Crippen molar-refractivity contribution >= 4 is 5.91 Å². The summed E-state index contributed by atoms with van der Waals surface area (Å²) in [6, 6.07) is 21.1. The van der Waals surface area contributed by atoms with E-state index in [9.17, 15) is 4.79 Å². The molecule has 0 saturated carbocycles. The van der Waals surface area contributed by atoms with E-state index >= 15 is 0 Å². The molecule has 0 atom stereocenters. The molecule has 2 aromatic carbocycles. The lowest BCUT2D eigenvalue weighted by Crippen LogP contribution is -2.29. The minimum Gasteiger partial charge on any atom is -0.356 e. The summed E-state index contributed by atoms with van der Waals surface area (Å²) < 4.78 is 0. The highest BCUT2D eigenvalue weighted by Crippen LogP contribution is 2.10. The number of hydrogen-bond donors (Lipinski definition) is 1. The average molecular weight is 310 g/mol. The molecule has 0 aromatic heterocycles. The van der Waals surface area contributed by atoms with E-state index in [0.29, 0.717) is 6.42 Å². The Morgan fingerprint density at radius 3 is 1.91 bits per heavy atom. The van der Waals surface area contributed by atoms with Gasteiger partial charge in [-0.15, -0.1) is 0 Å². The van der Waals surface area contributed by atoms with Crippen LogP contribution in [0.5, 0.6) is 0 Å². The van der Waals surface area contributed by atoms with Gasteiger partial charge in [-0.1, -0.05) is 67.6 Å². The van der Waals surface area contributed by atoms with Gasteiger partial charge < -0.3 is 5.32 Å². The molecular formula is C20H26N2O. The maximum atomic E-state index is 11.3. The summed E-state index contributed by atoms with van der Waals surface area (Å²) in [5, 5.41) is 2.95. The monoisotopic (exact) mass is 310 g/mol. The Bertz CT molecular complexity index is 527. The zero-order valence-electron chi connectivity index (χ0n) is 13.9. The average Bonchev–Trinajstić information content (AvgIpc) is 2.60. The third-order valence-electron chi connectivity index (χ3n) is 3.79. The number of amides is 1. The third kappa shape index (κ3) is 6.66. The largest absolute Gasteiger partial charge is 0.356 e. The van der Waals surface area contributed by atoms with Crippen molar-refractivity contribution in [2.75, 3.05) is 13.1 Å². The van der Waals surface area contributed by atoms with Crippen LogP contribution in [0.15, 0.2) is 60.7 Å². The molecule has 0 bridgehead atoms. The predicted molar refractivity (Wildman–Crippen MR) is 94.9 cm³/mol. The molecule has 0 spiro atoms. The minimum absolute atomic E-state index is 0.127. The third-order valence-corrected chi connectivity index (χ3v) is 3.79. The van der Waals surface area contributed by atoms with Crippen molar-refractivity contribution < 1.29 is 4.79 Å². The van der Waals surface area contributed by atoms with Crippen molar-refractivity contribution in [3.8, 4) is 0 Å². The Labute approximate surface area is 139 Å². The Kier molecular flexibility index (Phi) is 7.34. The lowest BCUT2D eigenvalue weighted by Gasteiger charge is -2.22. The van der Waals surface area contributed by atoms with Gasteiger partial charge in [0.1, 0.15) is 0 Å². The van der Waals surface area contributed by atoms with E-state index in [1.807, 2.05) is 19.1 Å². The Morgan fingerprint density at radius 1 is 0.913 bits per heavy atom. The first-order valence-electron chi connectivity index (χ1n) is 8.35. The topological polar surface area (TPSA) is 32.3 Å². The first kappa shape index (κ1) is 17.2. The lowest BCUT2D eigenvalue weighted by molar-refractivity contribution is -0.120. The van der Waals surface area contributed by atoms with Crippen LogP contribution in [0, 0.1) is 0 Å². The lowest BCUT2D eigenvalue weighted by atomic mass is 10.1. The van der Waals surface area contributed by atoms with Crippen molar-refractivity contribution in [2.24, 2.45) is 0 Å². The number of nitrogens with zero attached hydrogens (tertiary/aromatic N) is 1. The van der Waals surface area contributed by atoms with E-state index in [-0.39, 0.29) is 5.91 Å². The molecule has 0 aliphatic carbocycles. The van der Waals surface area contributed by atoms with Crippen molar-refractivity contribution in [2.45, 2.75) is 32.9 Å². The van der Waals surface area contributed by atoms with Crippen LogP contribution in [0.3, 0.4) is 0 Å². The molecule has 0 fully saturated rings. The van der Waals surface area contributed by atoms with Crippen LogP contribution in [-0.2, 0) is 17.9 Å². The molecule has 2 rings (SSSR count). The highest BCUT2D eigenvalue weighted by Gasteiger charge is 2.07. The fourth-order valence-corrected chi connectivity index (χ4v) is 2.55. The van der Waals surface area contributed by atoms with Gasteiger partial charge in [0.15, 0.2) is 0 Å². The van der Waals surface area contributed by atoms with Crippen LogP contribution in [0.1, 0.15) is 30.9 Å². The maximum absolute atomic E-state index is 11.3. The highest BCUT2D eigenvalue weighted by molar-refractivity contribution is 5.75. The molecule has 0 aliphatic rings. The molecular weight excluding hydrogens is 284 g/mol. The SMILES string of the molecule is CCC(=O)NCCCN(Cc1ccccc1)Cc1ccccc1. The van der Waals surface area contributed by atoms with E-state index in [2.05, 4.69) is 58.7 Å². The van der Waals surface area contributed by atoms with Crippen LogP contribution in [0.25, 0.3) is 0 Å². The molecule has 0 heterocycles. The number of carbonyl (C=O) groups excluding carboxylic acids is 1. The second kappa shape index (κ2) is 9.80. The Balaban J connectivity index is 1.89. The summed E-state index contributed by atoms with van der Waals surface area (Å²) in [5.41, 5.74) is 2.64. The molecule has 1 N–H and O–H groups in total. The van der Waals surface area contributed by atoms with Crippen molar-refractivity contribution in [3.05, 3.63) is 71.8 Å². The van der Waals surface area contributed by atoms with E-state index in [1.165, 1.54) is 11.1 Å². The fourth-order valence-electron chi connectivity index (χ4n) is 2.55. The van der Waals surface area contributed by atoms with Gasteiger partial charge in [0.25, 0.3) is 0 Å². The molecule has 122 valence electrons. The van der Waals surface area contributed by atoms with Crippen LogP contribution >= 0.6 is 0 Å². The first-order valence-corrected chi connectivity index (χ1v) is 8.35. The molecule has 0 unspecified atom stereocenters. The van der Waals surface area contributed by atoms with E-state index in [0.717, 1.165) is 32.6 Å². The molecule has 0 saturated heterocycles. The van der Waals surface area contributed by atoms with E-state index < -0.39 is 0 Å². The zero-order valence-corrected chi connectivity index (χ0v) is 13.9. The van der Waals surface area contributed by atoms with E-state index in [1.54, 1.807) is 0 Å². The van der Waals surface area contributed by atoms with Gasteiger partial charge in [-0.2, -0.15) is 0 Å². The van der Waals surface area contributed by atoms with Crippen LogP contribution in [-0.4, -0.2) is 23.9 Å². The number of nitrogens with one attached hydrogen (secondary N) is 1. The van der Waals surface area contributed by atoms with Crippen molar-refractivity contribution in [1.82, 2.24) is 10.2 Å². The second-order valence-electron chi connectivity index (χ2n) is 5.74. The first-order chi connectivity index (χ1) is 11.3. The smallest absolute Gasteiger partial charge is 0.219 e. The molecule has 0 aliphatic heterocycles. The Morgan fingerprint density at radius 2 is 1.43 bits per heavy atom. The summed E-state index contributed by atoms with van der Waals surface area (Å²) in [5.74, 6) is 0.127. The van der Waals surface area contributed by atoms with Gasteiger partial charge in [0.05, 0.1) is 0 Å². The van der Waals surface area contributed by atoms with Gasteiger partial charge in [0.2, 0.25) is 5.91 Å². The van der Waals surface area contributed by atoms with Gasteiger partial charge >= 0.3 is 0 Å². The van der Waals surface area contributed by atoms with Gasteiger partial charge in [-0.3, -0.25) is 9.69 Å². The predicted octanol–water partition coefficient (Wildman–Crippen LogP) is 3.61. The molecule has 2 aromatic rings. The van der Waals surface area contributed by atoms with Crippen LogP contribution < -0.4 is 5.32 Å². The molecule has 3 heteroatoms. The maximum Gasteiger partial charge on any atom is 0.219 e. The van der Waals surface area contributed by atoms with Gasteiger partial charge in [-0.25, -0.2) is 0 Å². The quantitative estimate of drug-likeness (QED) is 0.718. The molecule has 23 heavy (non-hydrogen) atoms. The summed E-state index contributed by atoms with van der Waals surface area (Å²) >= 11 is 0. The minimum atomic E-state index is 0.127. The zero-order chi connectivity index (χ0) is 16.3. The summed E-state index contributed by atoms with van der Waals surface area (Å²) in [7, 11) is 0. The number of hydrogen-bond acceptors (Lipinski definition) is 2. The number of rotatable bonds is 9. The van der Waals surface area contributed by atoms with Crippen LogP contribution in [0.2, 0.25) is 0 Å². The van der Waals surface area contributed by atoms with Crippen molar-refractivity contribution in [3.63, 3.8) is 0 Å². The number of benzene rings is 2. The number of carbonyl (C=O) groups is 1. The van der Waals surface area contributed by atoms with Gasteiger partial charge in [-0.05, 0) is 17.5 Å². The van der Waals surface area contributed by atoms with Crippen LogP contribution in [0.4, 0.5) is 0 Å². The summed E-state index contributed by atoms with van der Waals surface area (Å²) in [4.78, 5) is 13.7. The molecule has 3 nitrogen and oxygen atoms in total. The van der Waals surface area contributed by atoms with E-state index in [4.69, 9.17) is 0 Å². The summed E-state index contributed by atoms with van der Waals surface area (Å²) in [6.45, 7) is 5.45. The van der Waals surface area contributed by atoms with Crippen molar-refractivity contribution in [1.29, 1.82) is 0 Å². The van der Waals surface area contributed by atoms with Gasteiger partial charge in [0, 0.05) is 32.6 Å². The Hall–Kier alpha value is -2.13.